The van der Waals surface area contributed by atoms with E-state index in [0.717, 1.165) is 17.8 Å². The molecule has 0 aromatic carbocycles. The fourth-order valence-electron chi connectivity index (χ4n) is 1.94. The lowest BCUT2D eigenvalue weighted by Crippen LogP contribution is -2.44. The second-order valence-corrected chi connectivity index (χ2v) is 4.18. The van der Waals surface area contributed by atoms with Crippen LogP contribution in [0.4, 0.5) is 10.1 Å². The van der Waals surface area contributed by atoms with E-state index in [1.165, 1.54) is 0 Å². The normalized spacial score (nSPS) is 25.8. The van der Waals surface area contributed by atoms with Crippen molar-refractivity contribution in [2.24, 2.45) is 0 Å². The number of rotatable bonds is 2. The molecular formula is C12H17FN2O. The summed E-state index contributed by atoms with van der Waals surface area (Å²) in [5, 5.41) is 9.31. The molecule has 1 aromatic heterocycles. The molecule has 2 rings (SSSR count). The lowest BCUT2D eigenvalue weighted by atomic mass is 10.1. The van der Waals surface area contributed by atoms with Crippen molar-refractivity contribution in [3.05, 3.63) is 24.0 Å². The van der Waals surface area contributed by atoms with E-state index in [2.05, 4.69) is 11.9 Å². The van der Waals surface area contributed by atoms with Gasteiger partial charge in [-0.05, 0) is 25.0 Å². The average molecular weight is 224 g/mol. The van der Waals surface area contributed by atoms with E-state index in [9.17, 15) is 9.50 Å². The van der Waals surface area contributed by atoms with Crippen molar-refractivity contribution in [2.75, 3.05) is 18.0 Å². The Morgan fingerprint density at radius 3 is 2.94 bits per heavy atom. The molecule has 1 fully saturated rings. The van der Waals surface area contributed by atoms with Crippen molar-refractivity contribution < 1.29 is 9.50 Å². The Balaban J connectivity index is 2.06. The molecule has 2 atom stereocenters. The van der Waals surface area contributed by atoms with Gasteiger partial charge in [-0.3, -0.25) is 4.98 Å². The molecule has 1 N–H and O–H groups in total. The maximum absolute atomic E-state index is 13.3. The van der Waals surface area contributed by atoms with E-state index in [4.69, 9.17) is 0 Å². The summed E-state index contributed by atoms with van der Waals surface area (Å²) < 4.78 is 13.3. The quantitative estimate of drug-likeness (QED) is 0.828. The summed E-state index contributed by atoms with van der Waals surface area (Å²) in [6.07, 6.45) is 1.21. The van der Waals surface area contributed by atoms with Crippen molar-refractivity contribution in [3.63, 3.8) is 0 Å². The first-order valence-electron chi connectivity index (χ1n) is 5.72. The predicted molar refractivity (Wildman–Crippen MR) is 61.3 cm³/mol. The molecular weight excluding hydrogens is 207 g/mol. The summed E-state index contributed by atoms with van der Waals surface area (Å²) >= 11 is 0. The Hall–Kier alpha value is -1.16. The smallest absolute Gasteiger partial charge is 0.143 e. The van der Waals surface area contributed by atoms with Gasteiger partial charge in [0.2, 0.25) is 0 Å². The van der Waals surface area contributed by atoms with Gasteiger partial charge in [0.05, 0.1) is 24.5 Å². The summed E-state index contributed by atoms with van der Waals surface area (Å²) in [6.45, 7) is 3.00. The number of piperidine rings is 1. The van der Waals surface area contributed by atoms with Crippen LogP contribution in [0.5, 0.6) is 0 Å². The van der Waals surface area contributed by atoms with E-state index in [0.29, 0.717) is 13.0 Å². The second-order valence-electron chi connectivity index (χ2n) is 4.18. The van der Waals surface area contributed by atoms with Gasteiger partial charge in [0, 0.05) is 12.2 Å². The fraction of sp³-hybridized carbons (Fsp3) is 0.583. The van der Waals surface area contributed by atoms with Gasteiger partial charge in [0.1, 0.15) is 6.17 Å². The van der Waals surface area contributed by atoms with Crippen LogP contribution in [0.15, 0.2) is 18.3 Å². The Morgan fingerprint density at radius 1 is 1.56 bits per heavy atom. The standard InChI is InChI=1S/C12H17FN2O/c1-2-9-3-4-10(7-14-9)15-6-5-12(16)11(13)8-15/h3-4,7,11-12,16H,2,5-6,8H2,1H3/t11-,12-/m0/s1. The fourth-order valence-corrected chi connectivity index (χ4v) is 1.94. The van der Waals surface area contributed by atoms with Crippen molar-refractivity contribution in [2.45, 2.75) is 32.0 Å². The van der Waals surface area contributed by atoms with Crippen LogP contribution in [-0.2, 0) is 6.42 Å². The predicted octanol–water partition coefficient (Wildman–Crippen LogP) is 1.55. The third kappa shape index (κ3) is 2.32. The Bertz CT molecular complexity index is 341. The minimum absolute atomic E-state index is 0.258. The number of aliphatic hydroxyl groups excluding tert-OH is 1. The third-order valence-electron chi connectivity index (χ3n) is 3.04. The molecule has 0 aliphatic carbocycles. The average Bonchev–Trinajstić information content (AvgIpc) is 2.33. The van der Waals surface area contributed by atoms with Gasteiger partial charge in [-0.15, -0.1) is 0 Å². The summed E-state index contributed by atoms with van der Waals surface area (Å²) in [7, 11) is 0. The zero-order valence-corrected chi connectivity index (χ0v) is 9.43. The second kappa shape index (κ2) is 4.78. The Labute approximate surface area is 94.9 Å². The molecule has 0 radical (unpaired) electrons. The van der Waals surface area contributed by atoms with Gasteiger partial charge in [-0.2, -0.15) is 0 Å². The highest BCUT2D eigenvalue weighted by molar-refractivity contribution is 5.45. The number of nitrogens with zero attached hydrogens (tertiary/aromatic N) is 2. The van der Waals surface area contributed by atoms with Crippen molar-refractivity contribution in [1.29, 1.82) is 0 Å². The van der Waals surface area contributed by atoms with Crippen LogP contribution >= 0.6 is 0 Å². The first kappa shape index (κ1) is 11.3. The van der Waals surface area contributed by atoms with Crippen LogP contribution in [0.25, 0.3) is 0 Å². The number of hydrogen-bond acceptors (Lipinski definition) is 3. The van der Waals surface area contributed by atoms with Crippen molar-refractivity contribution in [3.8, 4) is 0 Å². The highest BCUT2D eigenvalue weighted by Gasteiger charge is 2.27. The van der Waals surface area contributed by atoms with Crippen LogP contribution in [0.3, 0.4) is 0 Å². The zero-order valence-electron chi connectivity index (χ0n) is 9.43. The molecule has 88 valence electrons. The minimum atomic E-state index is -1.15. The van der Waals surface area contributed by atoms with E-state index in [1.54, 1.807) is 6.20 Å². The summed E-state index contributed by atoms with van der Waals surface area (Å²) in [6, 6.07) is 3.93. The molecule has 1 aliphatic rings. The summed E-state index contributed by atoms with van der Waals surface area (Å²) in [5.74, 6) is 0. The molecule has 3 nitrogen and oxygen atoms in total. The number of aromatic nitrogens is 1. The van der Waals surface area contributed by atoms with Gasteiger partial charge in [0.25, 0.3) is 0 Å². The zero-order chi connectivity index (χ0) is 11.5. The largest absolute Gasteiger partial charge is 0.390 e. The molecule has 0 spiro atoms. The lowest BCUT2D eigenvalue weighted by molar-refractivity contribution is 0.0615. The number of aliphatic hydroxyl groups is 1. The highest BCUT2D eigenvalue weighted by Crippen LogP contribution is 2.21. The van der Waals surface area contributed by atoms with Gasteiger partial charge in [0.15, 0.2) is 0 Å². The minimum Gasteiger partial charge on any atom is -0.390 e. The van der Waals surface area contributed by atoms with E-state index < -0.39 is 12.3 Å². The first-order valence-corrected chi connectivity index (χ1v) is 5.72. The number of anilines is 1. The topological polar surface area (TPSA) is 36.4 Å². The molecule has 0 bridgehead atoms. The molecule has 1 saturated heterocycles. The maximum Gasteiger partial charge on any atom is 0.143 e. The van der Waals surface area contributed by atoms with Gasteiger partial charge >= 0.3 is 0 Å². The molecule has 1 aliphatic heterocycles. The van der Waals surface area contributed by atoms with Crippen LogP contribution in [-0.4, -0.2) is 35.5 Å². The van der Waals surface area contributed by atoms with Gasteiger partial charge in [-0.1, -0.05) is 6.92 Å². The maximum atomic E-state index is 13.3. The van der Waals surface area contributed by atoms with Crippen LogP contribution in [0.2, 0.25) is 0 Å². The van der Waals surface area contributed by atoms with E-state index in [-0.39, 0.29) is 6.54 Å². The molecule has 0 saturated carbocycles. The SMILES string of the molecule is CCc1ccc(N2CC[C@H](O)[C@@H](F)C2)cn1. The van der Waals surface area contributed by atoms with Gasteiger partial charge < -0.3 is 10.0 Å². The molecule has 4 heteroatoms. The lowest BCUT2D eigenvalue weighted by Gasteiger charge is -2.33. The molecule has 1 aromatic rings. The highest BCUT2D eigenvalue weighted by atomic mass is 19.1. The summed E-state index contributed by atoms with van der Waals surface area (Å²) in [4.78, 5) is 6.22. The number of hydrogen-bond donors (Lipinski definition) is 1. The molecule has 0 amide bonds. The summed E-state index contributed by atoms with van der Waals surface area (Å²) in [5.41, 5.74) is 1.98. The molecule has 2 heterocycles. The van der Waals surface area contributed by atoms with Crippen LogP contribution in [0.1, 0.15) is 19.0 Å². The molecule has 16 heavy (non-hydrogen) atoms. The number of aryl methyl sites for hydroxylation is 1. The number of pyridine rings is 1. The number of halogens is 1. The van der Waals surface area contributed by atoms with E-state index >= 15 is 0 Å². The van der Waals surface area contributed by atoms with Crippen LogP contribution in [0, 0.1) is 0 Å². The Morgan fingerprint density at radius 2 is 2.38 bits per heavy atom. The first-order chi connectivity index (χ1) is 7.70. The molecule has 0 unspecified atom stereocenters. The monoisotopic (exact) mass is 224 g/mol. The number of alkyl halides is 1. The van der Waals surface area contributed by atoms with E-state index in [1.807, 2.05) is 17.0 Å². The third-order valence-corrected chi connectivity index (χ3v) is 3.04. The van der Waals surface area contributed by atoms with Gasteiger partial charge in [-0.25, -0.2) is 4.39 Å². The van der Waals surface area contributed by atoms with Crippen molar-refractivity contribution >= 4 is 5.69 Å². The van der Waals surface area contributed by atoms with Crippen molar-refractivity contribution in [1.82, 2.24) is 4.98 Å². The van der Waals surface area contributed by atoms with Crippen LogP contribution < -0.4 is 4.90 Å². The Kier molecular flexibility index (Phi) is 3.39.